The number of hydrogen-bond acceptors (Lipinski definition) is 2. The third-order valence-electron chi connectivity index (χ3n) is 3.85. The average Bonchev–Trinajstić information content (AvgIpc) is 2.38. The van der Waals surface area contributed by atoms with E-state index >= 15 is 0 Å². The monoisotopic (exact) mass is 244 g/mol. The van der Waals surface area contributed by atoms with E-state index in [1.54, 1.807) is 5.57 Å². The number of nitrogens with one attached hydrogen (secondary N) is 1. The molecule has 1 aromatic carbocycles. The highest BCUT2D eigenvalue weighted by Gasteiger charge is 2.15. The van der Waals surface area contributed by atoms with Crippen LogP contribution in [0.5, 0.6) is 0 Å². The normalized spacial score (nSPS) is 17.4. The third-order valence-corrected chi connectivity index (χ3v) is 3.85. The van der Waals surface area contributed by atoms with Crippen LogP contribution in [0.25, 0.3) is 0 Å². The number of allylic oxidation sites excluding steroid dienone is 1. The molecule has 1 aliphatic rings. The van der Waals surface area contributed by atoms with Gasteiger partial charge < -0.3 is 0 Å². The fourth-order valence-corrected chi connectivity index (χ4v) is 2.83. The Morgan fingerprint density at radius 3 is 2.72 bits per heavy atom. The summed E-state index contributed by atoms with van der Waals surface area (Å²) in [5.41, 5.74) is 8.51. The molecule has 2 heteroatoms. The molecule has 1 aromatic rings. The highest BCUT2D eigenvalue weighted by Crippen LogP contribution is 2.28. The molecule has 1 aliphatic carbocycles. The van der Waals surface area contributed by atoms with Gasteiger partial charge in [-0.25, -0.2) is 0 Å². The van der Waals surface area contributed by atoms with Crippen LogP contribution in [0, 0.1) is 13.8 Å². The largest absolute Gasteiger partial charge is 0.271 e. The van der Waals surface area contributed by atoms with Gasteiger partial charge in [-0.2, -0.15) is 0 Å². The molecular formula is C16H24N2. The summed E-state index contributed by atoms with van der Waals surface area (Å²) in [5, 5.41) is 0. The molecule has 1 unspecified atom stereocenters. The molecule has 0 saturated carbocycles. The van der Waals surface area contributed by atoms with Gasteiger partial charge in [-0.15, -0.1) is 0 Å². The lowest BCUT2D eigenvalue weighted by atomic mass is 9.90. The highest BCUT2D eigenvalue weighted by atomic mass is 15.2. The zero-order chi connectivity index (χ0) is 13.0. The Morgan fingerprint density at radius 1 is 1.28 bits per heavy atom. The lowest BCUT2D eigenvalue weighted by Crippen LogP contribution is -2.29. The standard InChI is InChI=1S/C16H24N2/c1-12-8-9-15(13(2)10-12)16(18-17)11-14-6-4-3-5-7-14/h6,8-10,16,18H,3-5,7,11,17H2,1-2H3. The molecule has 0 aliphatic heterocycles. The quantitative estimate of drug-likeness (QED) is 0.481. The maximum atomic E-state index is 5.75. The van der Waals surface area contributed by atoms with Gasteiger partial charge in [0.25, 0.3) is 0 Å². The Morgan fingerprint density at radius 2 is 2.11 bits per heavy atom. The number of hydrogen-bond donors (Lipinski definition) is 2. The Labute approximate surface area is 110 Å². The summed E-state index contributed by atoms with van der Waals surface area (Å²) >= 11 is 0. The second-order valence-electron chi connectivity index (χ2n) is 5.39. The molecule has 2 rings (SSSR count). The minimum Gasteiger partial charge on any atom is -0.271 e. The summed E-state index contributed by atoms with van der Waals surface area (Å²) in [6.07, 6.45) is 8.59. The average molecular weight is 244 g/mol. The zero-order valence-electron chi connectivity index (χ0n) is 11.5. The first kappa shape index (κ1) is 13.3. The minimum atomic E-state index is 0.245. The summed E-state index contributed by atoms with van der Waals surface area (Å²) in [6, 6.07) is 6.85. The Bertz CT molecular complexity index is 435. The molecule has 0 fully saturated rings. The Hall–Kier alpha value is -1.12. The predicted octanol–water partition coefficient (Wildman–Crippen LogP) is 3.70. The number of benzene rings is 1. The number of hydrazine groups is 1. The fourth-order valence-electron chi connectivity index (χ4n) is 2.83. The minimum absolute atomic E-state index is 0.245. The van der Waals surface area contributed by atoms with Gasteiger partial charge >= 0.3 is 0 Å². The maximum absolute atomic E-state index is 5.75. The molecule has 0 saturated heterocycles. The molecule has 98 valence electrons. The van der Waals surface area contributed by atoms with Crippen molar-refractivity contribution in [3.05, 3.63) is 46.5 Å². The second-order valence-corrected chi connectivity index (χ2v) is 5.39. The van der Waals surface area contributed by atoms with Crippen LogP contribution in [0.1, 0.15) is 54.8 Å². The Balaban J connectivity index is 2.14. The van der Waals surface area contributed by atoms with E-state index in [0.29, 0.717) is 0 Å². The molecular weight excluding hydrogens is 220 g/mol. The van der Waals surface area contributed by atoms with E-state index < -0.39 is 0 Å². The van der Waals surface area contributed by atoms with Crippen LogP contribution in [-0.4, -0.2) is 0 Å². The predicted molar refractivity (Wildman–Crippen MR) is 77.1 cm³/mol. The number of aryl methyl sites for hydroxylation is 2. The lowest BCUT2D eigenvalue weighted by molar-refractivity contribution is 0.526. The first-order valence-corrected chi connectivity index (χ1v) is 6.92. The van der Waals surface area contributed by atoms with Crippen molar-refractivity contribution in [2.45, 2.75) is 52.0 Å². The molecule has 0 radical (unpaired) electrons. The molecule has 0 aromatic heterocycles. The molecule has 0 amide bonds. The van der Waals surface area contributed by atoms with E-state index in [0.717, 1.165) is 6.42 Å². The van der Waals surface area contributed by atoms with Crippen LogP contribution >= 0.6 is 0 Å². The van der Waals surface area contributed by atoms with Crippen LogP contribution in [0.2, 0.25) is 0 Å². The van der Waals surface area contributed by atoms with Gasteiger partial charge in [0.2, 0.25) is 0 Å². The number of rotatable bonds is 4. The first-order valence-electron chi connectivity index (χ1n) is 6.92. The molecule has 0 spiro atoms. The summed E-state index contributed by atoms with van der Waals surface area (Å²) in [6.45, 7) is 4.30. The van der Waals surface area contributed by atoms with Crippen LogP contribution in [0.3, 0.4) is 0 Å². The van der Waals surface area contributed by atoms with Crippen molar-refractivity contribution in [2.24, 2.45) is 5.84 Å². The third kappa shape index (κ3) is 3.21. The molecule has 2 nitrogen and oxygen atoms in total. The smallest absolute Gasteiger partial charge is 0.0499 e. The van der Waals surface area contributed by atoms with Gasteiger partial charge in [-0.3, -0.25) is 11.3 Å². The molecule has 3 N–H and O–H groups in total. The summed E-state index contributed by atoms with van der Waals surface area (Å²) in [5.74, 6) is 5.75. The molecule has 18 heavy (non-hydrogen) atoms. The van der Waals surface area contributed by atoms with Gasteiger partial charge in [0, 0.05) is 6.04 Å². The van der Waals surface area contributed by atoms with Crippen LogP contribution in [0.15, 0.2) is 29.8 Å². The topological polar surface area (TPSA) is 38.0 Å². The molecule has 1 atom stereocenters. The van der Waals surface area contributed by atoms with Crippen molar-refractivity contribution in [3.8, 4) is 0 Å². The van der Waals surface area contributed by atoms with Gasteiger partial charge in [-0.1, -0.05) is 35.4 Å². The molecule has 0 heterocycles. The van der Waals surface area contributed by atoms with E-state index in [-0.39, 0.29) is 6.04 Å². The van der Waals surface area contributed by atoms with Crippen molar-refractivity contribution >= 4 is 0 Å². The highest BCUT2D eigenvalue weighted by molar-refractivity contribution is 5.33. The SMILES string of the molecule is Cc1ccc(C(CC2=CCCCC2)NN)c(C)c1. The Kier molecular flexibility index (Phi) is 4.56. The van der Waals surface area contributed by atoms with E-state index in [1.165, 1.54) is 42.4 Å². The van der Waals surface area contributed by atoms with Gasteiger partial charge in [0.1, 0.15) is 0 Å². The van der Waals surface area contributed by atoms with Gasteiger partial charge in [0.15, 0.2) is 0 Å². The number of nitrogens with two attached hydrogens (primary N) is 1. The van der Waals surface area contributed by atoms with E-state index in [4.69, 9.17) is 5.84 Å². The van der Waals surface area contributed by atoms with Gasteiger partial charge in [0.05, 0.1) is 0 Å². The van der Waals surface area contributed by atoms with E-state index in [1.807, 2.05) is 0 Å². The van der Waals surface area contributed by atoms with Crippen LogP contribution in [-0.2, 0) is 0 Å². The first-order chi connectivity index (χ1) is 8.70. The fraction of sp³-hybridized carbons (Fsp3) is 0.500. The summed E-state index contributed by atoms with van der Waals surface area (Å²) < 4.78 is 0. The maximum Gasteiger partial charge on any atom is 0.0499 e. The van der Waals surface area contributed by atoms with Gasteiger partial charge in [-0.05, 0) is 57.1 Å². The molecule has 0 bridgehead atoms. The van der Waals surface area contributed by atoms with Crippen molar-refractivity contribution in [3.63, 3.8) is 0 Å². The van der Waals surface area contributed by atoms with E-state index in [2.05, 4.69) is 43.5 Å². The van der Waals surface area contributed by atoms with Crippen molar-refractivity contribution in [1.82, 2.24) is 5.43 Å². The summed E-state index contributed by atoms with van der Waals surface area (Å²) in [7, 11) is 0. The van der Waals surface area contributed by atoms with Crippen LogP contribution < -0.4 is 11.3 Å². The summed E-state index contributed by atoms with van der Waals surface area (Å²) in [4.78, 5) is 0. The van der Waals surface area contributed by atoms with Crippen molar-refractivity contribution in [1.29, 1.82) is 0 Å². The van der Waals surface area contributed by atoms with E-state index in [9.17, 15) is 0 Å². The zero-order valence-corrected chi connectivity index (χ0v) is 11.5. The van der Waals surface area contributed by atoms with Crippen molar-refractivity contribution in [2.75, 3.05) is 0 Å². The van der Waals surface area contributed by atoms with Crippen LogP contribution in [0.4, 0.5) is 0 Å². The second kappa shape index (κ2) is 6.17. The lowest BCUT2D eigenvalue weighted by Gasteiger charge is -2.22. The van der Waals surface area contributed by atoms with Crippen molar-refractivity contribution < 1.29 is 0 Å².